The summed E-state index contributed by atoms with van der Waals surface area (Å²) in [5.74, 6) is -0.751. The van der Waals surface area contributed by atoms with Gasteiger partial charge in [0, 0.05) is 16.3 Å². The molecule has 2 heteroatoms. The van der Waals surface area contributed by atoms with Gasteiger partial charge in [-0.25, -0.2) is 0 Å². The first-order valence-electron chi connectivity index (χ1n) is 24.3. The summed E-state index contributed by atoms with van der Waals surface area (Å²) < 4.78 is 224. The van der Waals surface area contributed by atoms with Gasteiger partial charge < -0.3 is 8.83 Å². The molecule has 0 saturated heterocycles. The maximum Gasteiger partial charge on any atom is 0.147 e. The van der Waals surface area contributed by atoms with Crippen molar-refractivity contribution < 1.29 is 41.7 Å². The van der Waals surface area contributed by atoms with Crippen molar-refractivity contribution in [2.75, 3.05) is 0 Å². The van der Waals surface area contributed by atoms with E-state index in [-0.39, 0.29) is 5.39 Å². The molecule has 2 heterocycles. The van der Waals surface area contributed by atoms with Crippen LogP contribution in [0.1, 0.15) is 32.9 Å². The number of furan rings is 2. The monoisotopic (exact) mass is 560 g/mol. The van der Waals surface area contributed by atoms with Gasteiger partial charge in [0.05, 0.1) is 38.3 Å². The zero-order valence-corrected chi connectivity index (χ0v) is 20.8. The molecule has 9 rings (SSSR count). The molecule has 0 aliphatic rings. The van der Waals surface area contributed by atoms with Crippen LogP contribution in [0.15, 0.2) is 154 Å². The smallest absolute Gasteiger partial charge is 0.147 e. The predicted molar refractivity (Wildman–Crippen MR) is 175 cm³/mol. The summed E-state index contributed by atoms with van der Waals surface area (Å²) >= 11 is 0. The Morgan fingerprint density at radius 2 is 0.929 bits per heavy atom. The van der Waals surface area contributed by atoms with Crippen molar-refractivity contribution in [3.63, 3.8) is 0 Å². The molecular formula is C40H24O2. The first-order valence-corrected chi connectivity index (χ1v) is 12.3. The SMILES string of the molecule is [2H]c1c([2H])c([2H])c(-c2oc3c(c2[2H])c(-c2c4c([2H])c([2H])c([2H])c([2H])c4c(-c4c([2H])c([2H])c([2H])c([2H])c4[2H])c4c([2H])c([2H])c([2H])c([2H])c24)c([2H])c2oc4c([2H])c([2H])c([2H])c([2H])c4c23)c([2H])c1[2H]. The summed E-state index contributed by atoms with van der Waals surface area (Å²) in [6, 6.07) is -21.0. The van der Waals surface area contributed by atoms with E-state index in [1.54, 1.807) is 0 Å². The highest BCUT2D eigenvalue weighted by Gasteiger charge is 2.23. The van der Waals surface area contributed by atoms with E-state index in [1.807, 2.05) is 0 Å². The van der Waals surface area contributed by atoms with Crippen molar-refractivity contribution in [1.29, 1.82) is 0 Å². The van der Waals surface area contributed by atoms with Crippen molar-refractivity contribution in [3.8, 4) is 33.6 Å². The van der Waals surface area contributed by atoms with Crippen LogP contribution in [0.4, 0.5) is 0 Å². The van der Waals surface area contributed by atoms with Crippen LogP contribution < -0.4 is 0 Å². The van der Waals surface area contributed by atoms with Gasteiger partial charge in [0.2, 0.25) is 0 Å². The normalized spacial score (nSPS) is 19.8. The van der Waals surface area contributed by atoms with Crippen LogP contribution in [-0.4, -0.2) is 0 Å². The zero-order chi connectivity index (χ0) is 48.5. The van der Waals surface area contributed by atoms with E-state index in [1.165, 1.54) is 0 Å². The van der Waals surface area contributed by atoms with Crippen molar-refractivity contribution in [2.24, 2.45) is 0 Å². The molecule has 2 aromatic heterocycles. The highest BCUT2D eigenvalue weighted by Crippen LogP contribution is 2.48. The van der Waals surface area contributed by atoms with Crippen LogP contribution in [0.2, 0.25) is 0 Å². The van der Waals surface area contributed by atoms with Crippen LogP contribution >= 0.6 is 0 Å². The van der Waals surface area contributed by atoms with E-state index in [2.05, 4.69) is 0 Å². The molecule has 196 valence electrons. The fraction of sp³-hybridized carbons (Fsp3) is 0. The van der Waals surface area contributed by atoms with Crippen molar-refractivity contribution in [3.05, 3.63) is 145 Å². The lowest BCUT2D eigenvalue weighted by molar-refractivity contribution is 0.633. The quantitative estimate of drug-likeness (QED) is 0.201. The summed E-state index contributed by atoms with van der Waals surface area (Å²) in [6.07, 6.45) is 0. The van der Waals surface area contributed by atoms with Gasteiger partial charge in [-0.2, -0.15) is 0 Å². The summed E-state index contributed by atoms with van der Waals surface area (Å²) in [5.41, 5.74) is -5.08. The van der Waals surface area contributed by atoms with Gasteiger partial charge in [0.1, 0.15) is 22.5 Å². The highest BCUT2D eigenvalue weighted by atomic mass is 16.3. The Labute approximate surface area is 275 Å². The first kappa shape index (κ1) is 9.75. The van der Waals surface area contributed by atoms with Crippen LogP contribution in [0.3, 0.4) is 0 Å². The van der Waals surface area contributed by atoms with Gasteiger partial charge in [0.25, 0.3) is 0 Å². The fourth-order valence-electron chi connectivity index (χ4n) is 5.17. The summed E-state index contributed by atoms with van der Waals surface area (Å²) in [7, 11) is 0. The van der Waals surface area contributed by atoms with Gasteiger partial charge in [0.15, 0.2) is 0 Å². The molecule has 0 radical (unpaired) electrons. The van der Waals surface area contributed by atoms with Crippen LogP contribution in [0, 0.1) is 0 Å². The Balaban J connectivity index is 1.69. The predicted octanol–water partition coefficient (Wildman–Crippen LogP) is 11.6. The average Bonchev–Trinajstić information content (AvgIpc) is 3.86. The topological polar surface area (TPSA) is 26.3 Å². The minimum absolute atomic E-state index is 0.388. The molecule has 0 spiro atoms. The van der Waals surface area contributed by atoms with E-state index in [0.29, 0.717) is 0 Å². The number of hydrogen-bond donors (Lipinski definition) is 0. The standard InChI is InChI=1S/C40H24O2/c1-3-13-25(14-4-1)35-24-33-32(23-36-39(40(33)42-35)31-21-11-12-22-34(31)41-36)38-29-19-9-7-17-27(29)37(26-15-5-2-6-16-26)28-18-8-10-20-30(28)38/h1-24H/i1D,2D,3D,4D,5D,6D,7D,8D,9D,10D,11D,12D,13D,14D,15D,16D,17D,18D,19D,20D,21D,22D,23D,24D. The van der Waals surface area contributed by atoms with E-state index < -0.39 is 228 Å². The molecule has 0 amide bonds. The van der Waals surface area contributed by atoms with Gasteiger partial charge >= 0.3 is 0 Å². The molecular weight excluding hydrogens is 512 g/mol. The lowest BCUT2D eigenvalue weighted by Crippen LogP contribution is -1.91. The molecule has 9 aromatic rings. The molecule has 0 saturated carbocycles. The van der Waals surface area contributed by atoms with E-state index >= 15 is 0 Å². The third kappa shape index (κ3) is 3.33. The molecule has 0 aliphatic heterocycles. The van der Waals surface area contributed by atoms with Crippen molar-refractivity contribution in [2.45, 2.75) is 0 Å². The second-order valence-electron chi connectivity index (χ2n) is 9.02. The number of benzene rings is 7. The molecule has 42 heavy (non-hydrogen) atoms. The molecule has 7 aromatic carbocycles. The average molecular weight is 561 g/mol. The van der Waals surface area contributed by atoms with E-state index in [4.69, 9.17) is 33.5 Å². The largest absolute Gasteiger partial charge is 0.456 e. The Bertz CT molecular complexity index is 3670. The maximum absolute atomic E-state index is 9.88. The lowest BCUT2D eigenvalue weighted by Gasteiger charge is -2.18. The van der Waals surface area contributed by atoms with Gasteiger partial charge in [-0.1, -0.05) is 127 Å². The minimum atomic E-state index is -0.949. The Kier molecular flexibility index (Phi) is 2.08. The minimum Gasteiger partial charge on any atom is -0.456 e. The molecule has 0 N–H and O–H groups in total. The second kappa shape index (κ2) is 8.95. The van der Waals surface area contributed by atoms with Crippen LogP contribution in [-0.2, 0) is 0 Å². The lowest BCUT2D eigenvalue weighted by atomic mass is 9.85. The Morgan fingerprint density at radius 3 is 1.57 bits per heavy atom. The number of hydrogen-bond acceptors (Lipinski definition) is 2. The molecule has 0 fully saturated rings. The molecule has 0 unspecified atom stereocenters. The molecule has 0 bridgehead atoms. The molecule has 2 nitrogen and oxygen atoms in total. The number of para-hydroxylation sites is 1. The fourth-order valence-corrected chi connectivity index (χ4v) is 5.17. The zero-order valence-electron chi connectivity index (χ0n) is 44.8. The molecule has 0 atom stereocenters. The second-order valence-corrected chi connectivity index (χ2v) is 9.02. The van der Waals surface area contributed by atoms with Crippen LogP contribution in [0.25, 0.3) is 88.0 Å². The third-order valence-corrected chi connectivity index (χ3v) is 6.82. The van der Waals surface area contributed by atoms with Gasteiger partial charge in [-0.3, -0.25) is 0 Å². The Morgan fingerprint density at radius 1 is 0.405 bits per heavy atom. The Hall–Kier alpha value is -5.60. The first-order chi connectivity index (χ1) is 30.8. The number of fused-ring (bicyclic) bond motifs is 7. The molecule has 0 aliphatic carbocycles. The summed E-state index contributed by atoms with van der Waals surface area (Å²) in [4.78, 5) is 0. The van der Waals surface area contributed by atoms with Gasteiger partial charge in [-0.05, 0) is 61.9 Å². The third-order valence-electron chi connectivity index (χ3n) is 6.82. The van der Waals surface area contributed by atoms with E-state index in [9.17, 15) is 8.22 Å². The van der Waals surface area contributed by atoms with Crippen molar-refractivity contribution in [1.82, 2.24) is 0 Å². The summed E-state index contributed by atoms with van der Waals surface area (Å²) in [6.45, 7) is 0. The summed E-state index contributed by atoms with van der Waals surface area (Å²) in [5, 5.41) is -4.02. The number of rotatable bonds is 3. The highest BCUT2D eigenvalue weighted by molar-refractivity contribution is 6.27. The van der Waals surface area contributed by atoms with Gasteiger partial charge in [-0.15, -0.1) is 0 Å². The van der Waals surface area contributed by atoms with Crippen LogP contribution in [0.5, 0.6) is 0 Å². The maximum atomic E-state index is 9.88. The van der Waals surface area contributed by atoms with Crippen molar-refractivity contribution >= 4 is 54.5 Å². The van der Waals surface area contributed by atoms with E-state index in [0.717, 1.165) is 0 Å².